The quantitative estimate of drug-likeness (QED) is 0.474. The molecular weight excluding hydrogens is 459 g/mol. The van der Waals surface area contributed by atoms with E-state index in [-0.39, 0.29) is 34.2 Å². The zero-order chi connectivity index (χ0) is 22.4. The van der Waals surface area contributed by atoms with Crippen LogP contribution < -0.4 is 14.8 Å². The Hall–Kier alpha value is -2.74. The molecule has 0 unspecified atom stereocenters. The second-order valence-electron chi connectivity index (χ2n) is 6.69. The van der Waals surface area contributed by atoms with E-state index in [0.717, 1.165) is 5.56 Å². The fourth-order valence-electron chi connectivity index (χ4n) is 2.75. The minimum Gasteiger partial charge on any atom is -0.482 e. The Kier molecular flexibility index (Phi) is 7.43. The first-order chi connectivity index (χ1) is 14.7. The van der Waals surface area contributed by atoms with Crippen LogP contribution in [0, 0.1) is 0 Å². The Bertz CT molecular complexity index is 1150. The van der Waals surface area contributed by atoms with E-state index >= 15 is 0 Å². The van der Waals surface area contributed by atoms with Crippen LogP contribution in [0.4, 0.5) is 5.69 Å². The predicted molar refractivity (Wildman–Crippen MR) is 122 cm³/mol. The van der Waals surface area contributed by atoms with E-state index in [0.29, 0.717) is 10.7 Å². The molecule has 0 aliphatic carbocycles. The SMILES string of the molecule is C[C@H](NC(=O)COc1ccc(S(=O)(=O)Nc2ccc(Cl)cc2)cc1Cl)c1ccccc1. The van der Waals surface area contributed by atoms with Crippen molar-refractivity contribution in [2.24, 2.45) is 0 Å². The van der Waals surface area contributed by atoms with E-state index in [1.54, 1.807) is 24.3 Å². The maximum absolute atomic E-state index is 12.6. The second-order valence-corrected chi connectivity index (χ2v) is 9.22. The van der Waals surface area contributed by atoms with Gasteiger partial charge in [-0.15, -0.1) is 0 Å². The molecule has 3 rings (SSSR count). The van der Waals surface area contributed by atoms with Crippen LogP contribution in [-0.2, 0) is 14.8 Å². The summed E-state index contributed by atoms with van der Waals surface area (Å²) in [5.74, 6) is -0.122. The smallest absolute Gasteiger partial charge is 0.261 e. The summed E-state index contributed by atoms with van der Waals surface area (Å²) in [5.41, 5.74) is 1.33. The van der Waals surface area contributed by atoms with E-state index < -0.39 is 10.0 Å². The lowest BCUT2D eigenvalue weighted by molar-refractivity contribution is -0.123. The molecule has 9 heteroatoms. The van der Waals surface area contributed by atoms with Gasteiger partial charge >= 0.3 is 0 Å². The minimum absolute atomic E-state index is 0.0399. The fraction of sp³-hybridized carbons (Fsp3) is 0.136. The van der Waals surface area contributed by atoms with Crippen molar-refractivity contribution in [2.75, 3.05) is 11.3 Å². The third-order valence-corrected chi connectivity index (χ3v) is 6.27. The number of carbonyl (C=O) groups is 1. The largest absolute Gasteiger partial charge is 0.482 e. The monoisotopic (exact) mass is 478 g/mol. The van der Waals surface area contributed by atoms with Gasteiger partial charge in [-0.1, -0.05) is 53.5 Å². The fourth-order valence-corrected chi connectivity index (χ4v) is 4.26. The molecule has 3 aromatic rings. The molecule has 31 heavy (non-hydrogen) atoms. The Morgan fingerprint density at radius 1 is 1.00 bits per heavy atom. The van der Waals surface area contributed by atoms with Crippen molar-refractivity contribution in [3.8, 4) is 5.75 Å². The third-order valence-electron chi connectivity index (χ3n) is 4.35. The highest BCUT2D eigenvalue weighted by atomic mass is 35.5. The number of sulfonamides is 1. The molecule has 1 atom stereocenters. The average Bonchev–Trinajstić information content (AvgIpc) is 2.75. The molecule has 0 bridgehead atoms. The van der Waals surface area contributed by atoms with Crippen molar-refractivity contribution in [2.45, 2.75) is 17.9 Å². The van der Waals surface area contributed by atoms with Crippen molar-refractivity contribution < 1.29 is 17.9 Å². The first-order valence-corrected chi connectivity index (χ1v) is 11.5. The number of hydrogen-bond donors (Lipinski definition) is 2. The molecule has 1 amide bonds. The van der Waals surface area contributed by atoms with Crippen LogP contribution in [0.2, 0.25) is 10.0 Å². The van der Waals surface area contributed by atoms with Gasteiger partial charge in [-0.2, -0.15) is 0 Å². The topological polar surface area (TPSA) is 84.5 Å². The minimum atomic E-state index is -3.86. The van der Waals surface area contributed by atoms with Crippen LogP contribution in [0.15, 0.2) is 77.7 Å². The molecule has 162 valence electrons. The Labute approximate surface area is 191 Å². The van der Waals surface area contributed by atoms with Crippen LogP contribution in [0.3, 0.4) is 0 Å². The maximum Gasteiger partial charge on any atom is 0.261 e. The highest BCUT2D eigenvalue weighted by Gasteiger charge is 2.17. The number of anilines is 1. The van der Waals surface area contributed by atoms with Gasteiger partial charge in [0.1, 0.15) is 5.75 Å². The van der Waals surface area contributed by atoms with Gasteiger partial charge < -0.3 is 10.1 Å². The van der Waals surface area contributed by atoms with Crippen molar-refractivity contribution in [3.05, 3.63) is 88.4 Å². The number of hydrogen-bond acceptors (Lipinski definition) is 4. The zero-order valence-electron chi connectivity index (χ0n) is 16.5. The molecule has 0 heterocycles. The Morgan fingerprint density at radius 3 is 2.32 bits per heavy atom. The normalized spacial score (nSPS) is 12.1. The molecule has 6 nitrogen and oxygen atoms in total. The maximum atomic E-state index is 12.6. The van der Waals surface area contributed by atoms with Crippen LogP contribution in [0.5, 0.6) is 5.75 Å². The molecular formula is C22H20Cl2N2O4S. The summed E-state index contributed by atoms with van der Waals surface area (Å²) in [5, 5.41) is 3.40. The number of halogens is 2. The lowest BCUT2D eigenvalue weighted by Crippen LogP contribution is -2.31. The Morgan fingerprint density at radius 2 is 1.68 bits per heavy atom. The number of ether oxygens (including phenoxy) is 1. The molecule has 0 aliphatic rings. The first kappa shape index (κ1) is 22.9. The van der Waals surface area contributed by atoms with E-state index in [1.807, 2.05) is 37.3 Å². The van der Waals surface area contributed by atoms with Gasteiger partial charge in [-0.25, -0.2) is 8.42 Å². The van der Waals surface area contributed by atoms with Gasteiger partial charge in [-0.3, -0.25) is 9.52 Å². The van der Waals surface area contributed by atoms with E-state index in [1.165, 1.54) is 18.2 Å². The number of rotatable bonds is 8. The number of nitrogens with one attached hydrogen (secondary N) is 2. The van der Waals surface area contributed by atoms with Crippen molar-refractivity contribution in [3.63, 3.8) is 0 Å². The van der Waals surface area contributed by atoms with E-state index in [4.69, 9.17) is 27.9 Å². The summed E-state index contributed by atoms with van der Waals surface area (Å²) in [4.78, 5) is 12.1. The van der Waals surface area contributed by atoms with Crippen molar-refractivity contribution in [1.29, 1.82) is 0 Å². The number of carbonyl (C=O) groups excluding carboxylic acids is 1. The van der Waals surface area contributed by atoms with E-state index in [2.05, 4.69) is 10.0 Å². The van der Waals surface area contributed by atoms with Crippen molar-refractivity contribution in [1.82, 2.24) is 5.32 Å². The predicted octanol–water partition coefficient (Wildman–Crippen LogP) is 5.05. The summed E-state index contributed by atoms with van der Waals surface area (Å²) in [6.45, 7) is 1.61. The molecule has 0 fully saturated rings. The molecule has 0 radical (unpaired) electrons. The van der Waals surface area contributed by atoms with Crippen LogP contribution in [0.25, 0.3) is 0 Å². The highest BCUT2D eigenvalue weighted by Crippen LogP contribution is 2.28. The molecule has 0 aromatic heterocycles. The molecule has 3 aromatic carbocycles. The molecule has 0 saturated heterocycles. The molecule has 0 spiro atoms. The standard InChI is InChI=1S/C22H20Cl2N2O4S/c1-15(16-5-3-2-4-6-16)25-22(27)14-30-21-12-11-19(13-20(21)24)31(28,29)26-18-9-7-17(23)8-10-18/h2-13,15,26H,14H2,1H3,(H,25,27)/t15-/m0/s1. The zero-order valence-corrected chi connectivity index (χ0v) is 18.8. The van der Waals surface area contributed by atoms with Gasteiger partial charge in [0.2, 0.25) is 0 Å². The van der Waals surface area contributed by atoms with E-state index in [9.17, 15) is 13.2 Å². The molecule has 2 N–H and O–H groups in total. The van der Waals surface area contributed by atoms with Gasteiger partial charge in [0.15, 0.2) is 6.61 Å². The lowest BCUT2D eigenvalue weighted by Gasteiger charge is -2.15. The summed E-state index contributed by atoms with van der Waals surface area (Å²) in [6, 6.07) is 19.6. The van der Waals surface area contributed by atoms with Gasteiger partial charge in [-0.05, 0) is 55.0 Å². The number of benzene rings is 3. The van der Waals surface area contributed by atoms with Gasteiger partial charge in [0.25, 0.3) is 15.9 Å². The summed E-state index contributed by atoms with van der Waals surface area (Å²) in [6.07, 6.45) is 0. The van der Waals surface area contributed by atoms with Crippen molar-refractivity contribution >= 4 is 44.8 Å². The average molecular weight is 479 g/mol. The second kappa shape index (κ2) is 10.0. The van der Waals surface area contributed by atoms with Gasteiger partial charge in [0.05, 0.1) is 16.0 Å². The van der Waals surface area contributed by atoms with Crippen LogP contribution in [-0.4, -0.2) is 20.9 Å². The third kappa shape index (κ3) is 6.37. The molecule has 0 saturated carbocycles. The number of amides is 1. The molecule has 0 aliphatic heterocycles. The van der Waals surface area contributed by atoms with Crippen LogP contribution in [0.1, 0.15) is 18.5 Å². The van der Waals surface area contributed by atoms with Crippen LogP contribution >= 0.6 is 23.2 Å². The summed E-state index contributed by atoms with van der Waals surface area (Å²) >= 11 is 12.0. The summed E-state index contributed by atoms with van der Waals surface area (Å²) < 4.78 is 33.0. The summed E-state index contributed by atoms with van der Waals surface area (Å²) in [7, 11) is -3.86. The van der Waals surface area contributed by atoms with Gasteiger partial charge in [0, 0.05) is 10.7 Å². The highest BCUT2D eigenvalue weighted by molar-refractivity contribution is 7.92. The lowest BCUT2D eigenvalue weighted by atomic mass is 10.1. The Balaban J connectivity index is 1.61. The first-order valence-electron chi connectivity index (χ1n) is 9.29.